The molecule has 1 saturated heterocycles. The fourth-order valence-corrected chi connectivity index (χ4v) is 3.17. The fourth-order valence-electron chi connectivity index (χ4n) is 3.17. The van der Waals surface area contributed by atoms with E-state index in [1.54, 1.807) is 18.2 Å². The predicted octanol–water partition coefficient (Wildman–Crippen LogP) is 1.52. The van der Waals surface area contributed by atoms with E-state index in [0.29, 0.717) is 18.7 Å². The second kappa shape index (κ2) is 6.96. The number of hydrogen-bond donors (Lipinski definition) is 0. The van der Waals surface area contributed by atoms with Gasteiger partial charge in [-0.05, 0) is 38.1 Å². The maximum absolute atomic E-state index is 12.5. The highest BCUT2D eigenvalue weighted by Crippen LogP contribution is 2.24. The predicted molar refractivity (Wildman–Crippen MR) is 91.7 cm³/mol. The Labute approximate surface area is 139 Å². The average Bonchev–Trinajstić information content (AvgIpc) is 2.80. The van der Waals surface area contributed by atoms with E-state index in [0.717, 1.165) is 32.5 Å². The minimum Gasteiger partial charge on any atom is -0.349 e. The zero-order valence-electron chi connectivity index (χ0n) is 13.7. The second-order valence-electron chi connectivity index (χ2n) is 5.96. The maximum atomic E-state index is 12.5. The van der Waals surface area contributed by atoms with Gasteiger partial charge in [0, 0.05) is 25.8 Å². The molecule has 0 N–H and O–H groups in total. The van der Waals surface area contributed by atoms with Gasteiger partial charge >= 0.3 is 11.2 Å². The lowest BCUT2D eigenvalue weighted by Gasteiger charge is -2.22. The molecule has 2 aromatic heterocycles. The topological polar surface area (TPSA) is 84.0 Å². The van der Waals surface area contributed by atoms with Crippen molar-refractivity contribution in [3.8, 4) is 0 Å². The highest BCUT2D eigenvalue weighted by atomic mass is 16.6. The summed E-state index contributed by atoms with van der Waals surface area (Å²) in [7, 11) is 0. The summed E-state index contributed by atoms with van der Waals surface area (Å²) in [4.78, 5) is 32.1. The highest BCUT2D eigenvalue weighted by Gasteiger charge is 2.28. The van der Waals surface area contributed by atoms with Crippen molar-refractivity contribution in [1.82, 2.24) is 14.3 Å². The summed E-state index contributed by atoms with van der Waals surface area (Å²) in [5, 5.41) is 11.5. The molecule has 0 spiro atoms. The Morgan fingerprint density at radius 2 is 2.08 bits per heavy atom. The van der Waals surface area contributed by atoms with Gasteiger partial charge in [0.05, 0.1) is 4.92 Å². The van der Waals surface area contributed by atoms with Gasteiger partial charge in [0.25, 0.3) is 0 Å². The van der Waals surface area contributed by atoms with Gasteiger partial charge in [-0.2, -0.15) is 0 Å². The Morgan fingerprint density at radius 3 is 2.83 bits per heavy atom. The summed E-state index contributed by atoms with van der Waals surface area (Å²) in [6.07, 6.45) is 3.48. The van der Waals surface area contributed by atoms with Crippen LogP contribution in [0.2, 0.25) is 0 Å². The second-order valence-corrected chi connectivity index (χ2v) is 5.96. The number of anilines is 1. The Kier molecular flexibility index (Phi) is 4.75. The molecule has 0 unspecified atom stereocenters. The van der Waals surface area contributed by atoms with Gasteiger partial charge in [-0.1, -0.05) is 13.0 Å². The molecule has 0 bridgehead atoms. The van der Waals surface area contributed by atoms with Crippen LogP contribution in [0.25, 0.3) is 5.65 Å². The number of nitrogens with zero attached hydrogens (tertiary/aromatic N) is 5. The SMILES string of the molecule is CCCN1CCCN(c2nc3ccccn3c(=O)c2[N+](=O)[O-])CC1. The molecule has 1 aliphatic heterocycles. The van der Waals surface area contributed by atoms with Crippen LogP contribution in [-0.4, -0.2) is 51.9 Å². The van der Waals surface area contributed by atoms with Crippen molar-refractivity contribution >= 4 is 17.2 Å². The van der Waals surface area contributed by atoms with E-state index in [2.05, 4.69) is 16.8 Å². The molecule has 2 aromatic rings. The lowest BCUT2D eigenvalue weighted by molar-refractivity contribution is -0.385. The van der Waals surface area contributed by atoms with Crippen LogP contribution in [-0.2, 0) is 0 Å². The van der Waals surface area contributed by atoms with E-state index >= 15 is 0 Å². The van der Waals surface area contributed by atoms with Crippen molar-refractivity contribution in [2.24, 2.45) is 0 Å². The minimum absolute atomic E-state index is 0.189. The van der Waals surface area contributed by atoms with Gasteiger partial charge in [0.1, 0.15) is 5.65 Å². The molecule has 8 heteroatoms. The molecule has 0 saturated carbocycles. The first-order valence-electron chi connectivity index (χ1n) is 8.25. The van der Waals surface area contributed by atoms with Gasteiger partial charge in [0.2, 0.25) is 5.82 Å². The molecule has 0 amide bonds. The third kappa shape index (κ3) is 3.09. The molecule has 1 fully saturated rings. The van der Waals surface area contributed by atoms with Crippen LogP contribution in [0.4, 0.5) is 11.5 Å². The molecule has 0 aliphatic carbocycles. The van der Waals surface area contributed by atoms with Crippen molar-refractivity contribution in [1.29, 1.82) is 0 Å². The molecule has 128 valence electrons. The number of hydrogen-bond acceptors (Lipinski definition) is 6. The van der Waals surface area contributed by atoms with Crippen LogP contribution < -0.4 is 10.5 Å². The van der Waals surface area contributed by atoms with Crippen molar-refractivity contribution in [3.63, 3.8) is 0 Å². The normalized spacial score (nSPS) is 16.3. The van der Waals surface area contributed by atoms with Gasteiger partial charge in [-0.3, -0.25) is 19.3 Å². The molecule has 3 rings (SSSR count). The van der Waals surface area contributed by atoms with E-state index in [9.17, 15) is 14.9 Å². The third-order valence-electron chi connectivity index (χ3n) is 4.30. The van der Waals surface area contributed by atoms with Crippen molar-refractivity contribution < 1.29 is 4.92 Å². The summed E-state index contributed by atoms with van der Waals surface area (Å²) in [5.41, 5.74) is -0.643. The molecule has 3 heterocycles. The third-order valence-corrected chi connectivity index (χ3v) is 4.30. The highest BCUT2D eigenvalue weighted by molar-refractivity contribution is 5.61. The first kappa shape index (κ1) is 16.4. The summed E-state index contributed by atoms with van der Waals surface area (Å²) < 4.78 is 1.23. The molecular formula is C16H21N5O3. The summed E-state index contributed by atoms with van der Waals surface area (Å²) in [6, 6.07) is 5.12. The summed E-state index contributed by atoms with van der Waals surface area (Å²) in [5.74, 6) is 0.189. The zero-order valence-corrected chi connectivity index (χ0v) is 13.7. The molecule has 0 radical (unpaired) electrons. The smallest absolute Gasteiger partial charge is 0.349 e. The van der Waals surface area contributed by atoms with Crippen LogP contribution in [0.5, 0.6) is 0 Å². The monoisotopic (exact) mass is 331 g/mol. The number of pyridine rings is 1. The number of nitro groups is 1. The molecular weight excluding hydrogens is 310 g/mol. The van der Waals surface area contributed by atoms with E-state index in [4.69, 9.17) is 0 Å². The molecule has 1 aliphatic rings. The molecule has 0 atom stereocenters. The maximum Gasteiger partial charge on any atom is 0.376 e. The van der Waals surface area contributed by atoms with Crippen LogP contribution in [0, 0.1) is 10.1 Å². The van der Waals surface area contributed by atoms with Crippen molar-refractivity contribution in [2.45, 2.75) is 19.8 Å². The van der Waals surface area contributed by atoms with Crippen LogP contribution in [0.1, 0.15) is 19.8 Å². The van der Waals surface area contributed by atoms with E-state index in [-0.39, 0.29) is 5.82 Å². The molecule has 24 heavy (non-hydrogen) atoms. The van der Waals surface area contributed by atoms with Crippen molar-refractivity contribution in [3.05, 3.63) is 44.9 Å². The first-order chi connectivity index (χ1) is 11.6. The van der Waals surface area contributed by atoms with Crippen LogP contribution >= 0.6 is 0 Å². The largest absolute Gasteiger partial charge is 0.376 e. The summed E-state index contributed by atoms with van der Waals surface area (Å²) >= 11 is 0. The van der Waals surface area contributed by atoms with E-state index < -0.39 is 16.2 Å². The van der Waals surface area contributed by atoms with Crippen LogP contribution in [0.3, 0.4) is 0 Å². The summed E-state index contributed by atoms with van der Waals surface area (Å²) in [6.45, 7) is 6.24. The Morgan fingerprint density at radius 1 is 1.25 bits per heavy atom. The number of aromatic nitrogens is 2. The van der Waals surface area contributed by atoms with Gasteiger partial charge in [-0.15, -0.1) is 0 Å². The molecule has 8 nitrogen and oxygen atoms in total. The van der Waals surface area contributed by atoms with E-state index in [1.165, 1.54) is 10.6 Å². The first-order valence-corrected chi connectivity index (χ1v) is 8.25. The zero-order chi connectivity index (χ0) is 17.1. The minimum atomic E-state index is -0.629. The number of fused-ring (bicyclic) bond motifs is 1. The average molecular weight is 331 g/mol. The lowest BCUT2D eigenvalue weighted by Crippen LogP contribution is -2.33. The Balaban J connectivity index is 2.03. The standard InChI is InChI=1S/C16H21N5O3/c1-2-7-18-8-5-9-19(12-11-18)15-14(21(23)24)16(22)20-10-4-3-6-13(20)17-15/h3-4,6,10H,2,5,7-9,11-12H2,1H3. The lowest BCUT2D eigenvalue weighted by atomic mass is 10.3. The van der Waals surface area contributed by atoms with E-state index in [1.807, 2.05) is 4.90 Å². The van der Waals surface area contributed by atoms with Gasteiger partial charge in [0.15, 0.2) is 0 Å². The van der Waals surface area contributed by atoms with Gasteiger partial charge in [-0.25, -0.2) is 4.98 Å². The Hall–Kier alpha value is -2.48. The van der Waals surface area contributed by atoms with Crippen LogP contribution in [0.15, 0.2) is 29.2 Å². The quantitative estimate of drug-likeness (QED) is 0.624. The van der Waals surface area contributed by atoms with Crippen molar-refractivity contribution in [2.75, 3.05) is 37.6 Å². The molecule has 0 aromatic carbocycles. The Bertz CT molecular complexity index is 804. The fraction of sp³-hybridized carbons (Fsp3) is 0.500. The van der Waals surface area contributed by atoms with Gasteiger partial charge < -0.3 is 9.80 Å². The number of rotatable bonds is 4.